The van der Waals surface area contributed by atoms with Crippen molar-refractivity contribution in [1.29, 1.82) is 0 Å². The lowest BCUT2D eigenvalue weighted by atomic mass is 10.0. The van der Waals surface area contributed by atoms with Gasteiger partial charge in [-0.3, -0.25) is 9.59 Å². The quantitative estimate of drug-likeness (QED) is 0.320. The van der Waals surface area contributed by atoms with Gasteiger partial charge in [0, 0.05) is 12.8 Å². The molecule has 0 heterocycles. The number of aliphatic carboxylic acids is 1. The van der Waals surface area contributed by atoms with Crippen LogP contribution in [-0.2, 0) is 14.4 Å². The maximum atomic E-state index is 12.3. The lowest BCUT2D eigenvalue weighted by molar-refractivity contribution is -0.143. The maximum absolute atomic E-state index is 12.3. The van der Waals surface area contributed by atoms with Gasteiger partial charge in [-0.25, -0.2) is 4.79 Å². The first kappa shape index (κ1) is 20.9. The summed E-state index contributed by atoms with van der Waals surface area (Å²) in [5, 5.41) is 14.2. The topological polar surface area (TPSA) is 122 Å². The predicted octanol–water partition coefficient (Wildman–Crippen LogP) is 0.239. The molecule has 2 atom stereocenters. The summed E-state index contributed by atoms with van der Waals surface area (Å²) in [6, 6.07) is -1.78. The zero-order chi connectivity index (χ0) is 17.8. The Morgan fingerprint density at radius 1 is 1.22 bits per heavy atom. The molecule has 0 bridgehead atoms. The maximum Gasteiger partial charge on any atom is 0.326 e. The largest absolute Gasteiger partial charge is 0.480 e. The van der Waals surface area contributed by atoms with Gasteiger partial charge < -0.3 is 21.5 Å². The van der Waals surface area contributed by atoms with Crippen molar-refractivity contribution in [3.8, 4) is 12.3 Å². The van der Waals surface area contributed by atoms with Crippen molar-refractivity contribution in [2.75, 3.05) is 6.54 Å². The lowest BCUT2D eigenvalue weighted by Gasteiger charge is -2.23. The van der Waals surface area contributed by atoms with Crippen molar-refractivity contribution >= 4 is 17.8 Å². The van der Waals surface area contributed by atoms with Crippen molar-refractivity contribution in [3.63, 3.8) is 0 Å². The van der Waals surface area contributed by atoms with Crippen molar-refractivity contribution in [3.05, 3.63) is 0 Å². The number of hydrogen-bond acceptors (Lipinski definition) is 4. The molecule has 0 aliphatic heterocycles. The average Bonchev–Trinajstić information content (AvgIpc) is 2.48. The minimum Gasteiger partial charge on any atom is -0.480 e. The van der Waals surface area contributed by atoms with Crippen molar-refractivity contribution in [1.82, 2.24) is 10.6 Å². The molecule has 0 spiro atoms. The second-order valence-electron chi connectivity index (χ2n) is 5.68. The zero-order valence-electron chi connectivity index (χ0n) is 13.8. The fourth-order valence-corrected chi connectivity index (χ4v) is 1.98. The summed E-state index contributed by atoms with van der Waals surface area (Å²) in [6.07, 6.45) is 7.30. The molecule has 23 heavy (non-hydrogen) atoms. The van der Waals surface area contributed by atoms with Crippen LogP contribution in [0.4, 0.5) is 0 Å². The molecule has 130 valence electrons. The van der Waals surface area contributed by atoms with Gasteiger partial charge in [-0.2, -0.15) is 0 Å². The minimum atomic E-state index is -1.10. The van der Waals surface area contributed by atoms with E-state index >= 15 is 0 Å². The average molecular weight is 325 g/mol. The molecule has 0 radical (unpaired) electrons. The third kappa shape index (κ3) is 8.83. The molecule has 0 aliphatic carbocycles. The Bertz CT molecular complexity index is 443. The Balaban J connectivity index is 4.81. The normalized spacial score (nSPS) is 13.0. The Labute approximate surface area is 137 Å². The van der Waals surface area contributed by atoms with Crippen LogP contribution in [0.25, 0.3) is 0 Å². The highest BCUT2D eigenvalue weighted by Gasteiger charge is 2.28. The summed E-state index contributed by atoms with van der Waals surface area (Å²) in [4.78, 5) is 35.3. The monoisotopic (exact) mass is 325 g/mol. The molecule has 7 nitrogen and oxygen atoms in total. The van der Waals surface area contributed by atoms with E-state index in [1.807, 2.05) is 0 Å². The van der Waals surface area contributed by atoms with Crippen LogP contribution in [0.15, 0.2) is 0 Å². The van der Waals surface area contributed by atoms with Gasteiger partial charge in [0.05, 0.1) is 0 Å². The molecule has 0 aromatic rings. The van der Waals surface area contributed by atoms with Gasteiger partial charge in [0.1, 0.15) is 12.1 Å². The Kier molecular flexibility index (Phi) is 10.5. The minimum absolute atomic E-state index is 0.129. The van der Waals surface area contributed by atoms with Crippen LogP contribution in [0.5, 0.6) is 0 Å². The number of rotatable bonds is 11. The summed E-state index contributed by atoms with van der Waals surface area (Å²) in [5.41, 5.74) is 5.43. The summed E-state index contributed by atoms with van der Waals surface area (Å²) < 4.78 is 0. The number of nitrogens with one attached hydrogen (secondary N) is 2. The van der Waals surface area contributed by atoms with E-state index in [2.05, 4.69) is 16.6 Å². The molecular weight excluding hydrogens is 298 g/mol. The van der Waals surface area contributed by atoms with E-state index < -0.39 is 24.0 Å². The van der Waals surface area contributed by atoms with Crippen LogP contribution in [0.1, 0.15) is 46.0 Å². The SMILES string of the molecule is C#CCCC(=O)N[C@@H](CCCCN)C(=O)N[C@H](C(=O)O)C(C)C. The van der Waals surface area contributed by atoms with Crippen molar-refractivity contribution in [2.45, 2.75) is 58.0 Å². The second-order valence-corrected chi connectivity index (χ2v) is 5.68. The van der Waals surface area contributed by atoms with Gasteiger partial charge in [-0.05, 0) is 31.7 Å². The third-order valence-electron chi connectivity index (χ3n) is 3.33. The lowest BCUT2D eigenvalue weighted by Crippen LogP contribution is -2.53. The smallest absolute Gasteiger partial charge is 0.326 e. The summed E-state index contributed by atoms with van der Waals surface area (Å²) in [5.74, 6) is 0.161. The van der Waals surface area contributed by atoms with Crippen LogP contribution in [0.3, 0.4) is 0 Å². The van der Waals surface area contributed by atoms with Gasteiger partial charge in [0.15, 0.2) is 0 Å². The van der Waals surface area contributed by atoms with Crippen molar-refractivity contribution in [2.24, 2.45) is 11.7 Å². The number of unbranched alkanes of at least 4 members (excludes halogenated alkanes) is 1. The number of carboxylic acids is 1. The van der Waals surface area contributed by atoms with E-state index in [4.69, 9.17) is 17.3 Å². The zero-order valence-corrected chi connectivity index (χ0v) is 13.8. The second kappa shape index (κ2) is 11.5. The van der Waals surface area contributed by atoms with E-state index in [-0.39, 0.29) is 24.7 Å². The summed E-state index contributed by atoms with van der Waals surface area (Å²) in [7, 11) is 0. The van der Waals surface area contributed by atoms with Crippen LogP contribution in [-0.4, -0.2) is 41.5 Å². The first-order chi connectivity index (χ1) is 10.8. The molecule has 0 aromatic heterocycles. The molecule has 7 heteroatoms. The van der Waals surface area contributed by atoms with Crippen LogP contribution < -0.4 is 16.4 Å². The fraction of sp³-hybridized carbons (Fsp3) is 0.688. The number of carbonyl (C=O) groups excluding carboxylic acids is 2. The third-order valence-corrected chi connectivity index (χ3v) is 3.33. The number of carboxylic acid groups (broad SMARTS) is 1. The molecule has 0 aliphatic rings. The first-order valence-corrected chi connectivity index (χ1v) is 7.79. The van der Waals surface area contributed by atoms with E-state index in [1.165, 1.54) is 0 Å². The first-order valence-electron chi connectivity index (χ1n) is 7.79. The number of carbonyl (C=O) groups is 3. The molecule has 0 fully saturated rings. The van der Waals surface area contributed by atoms with E-state index in [9.17, 15) is 14.4 Å². The van der Waals surface area contributed by atoms with Crippen molar-refractivity contribution < 1.29 is 19.5 Å². The molecule has 0 aromatic carbocycles. The predicted molar refractivity (Wildman–Crippen MR) is 87.3 cm³/mol. The van der Waals surface area contributed by atoms with Crippen LogP contribution in [0.2, 0.25) is 0 Å². The Hall–Kier alpha value is -2.07. The molecule has 0 saturated heterocycles. The Morgan fingerprint density at radius 2 is 1.87 bits per heavy atom. The van der Waals surface area contributed by atoms with Gasteiger partial charge in [-0.15, -0.1) is 12.3 Å². The van der Waals surface area contributed by atoms with Gasteiger partial charge in [-0.1, -0.05) is 13.8 Å². The van der Waals surface area contributed by atoms with Gasteiger partial charge in [0.2, 0.25) is 11.8 Å². The van der Waals surface area contributed by atoms with Crippen LogP contribution >= 0.6 is 0 Å². The van der Waals surface area contributed by atoms with Gasteiger partial charge >= 0.3 is 5.97 Å². The number of amides is 2. The van der Waals surface area contributed by atoms with Gasteiger partial charge in [0.25, 0.3) is 0 Å². The highest BCUT2D eigenvalue weighted by Crippen LogP contribution is 2.06. The number of terminal acetylenes is 1. The molecule has 0 saturated carbocycles. The van der Waals surface area contributed by atoms with E-state index in [1.54, 1.807) is 13.8 Å². The standard InChI is InChI=1S/C16H27N3O4/c1-4-5-9-13(20)18-12(8-6-7-10-17)15(21)19-14(11(2)3)16(22)23/h1,11-12,14H,5-10,17H2,2-3H3,(H,18,20)(H,19,21)(H,22,23)/t12-,14-/m0/s1. The van der Waals surface area contributed by atoms with Crippen LogP contribution in [0, 0.1) is 18.3 Å². The number of hydrogen-bond donors (Lipinski definition) is 4. The van der Waals surface area contributed by atoms with E-state index in [0.717, 1.165) is 6.42 Å². The highest BCUT2D eigenvalue weighted by atomic mass is 16.4. The molecule has 2 amide bonds. The Morgan fingerprint density at radius 3 is 2.35 bits per heavy atom. The molecule has 0 unspecified atom stereocenters. The molecular formula is C16H27N3O4. The summed E-state index contributed by atoms with van der Waals surface area (Å²) >= 11 is 0. The molecule has 0 rings (SSSR count). The van der Waals surface area contributed by atoms with E-state index in [0.29, 0.717) is 19.4 Å². The fourth-order valence-electron chi connectivity index (χ4n) is 1.98. The summed E-state index contributed by atoms with van der Waals surface area (Å²) in [6.45, 7) is 3.89. The highest BCUT2D eigenvalue weighted by molar-refractivity contribution is 5.90. The molecule has 5 N–H and O–H groups in total. The number of nitrogens with two attached hydrogens (primary N) is 1.